The Balaban J connectivity index is 1.06. The molecule has 0 amide bonds. The topological polar surface area (TPSA) is 67.9 Å². The van der Waals surface area contributed by atoms with E-state index in [4.69, 9.17) is 33.2 Å². The van der Waals surface area contributed by atoms with Crippen molar-refractivity contribution < 1.29 is 33.2 Å². The molecule has 2 aliphatic carbocycles. The molecule has 8 heteroatoms. The van der Waals surface area contributed by atoms with Crippen LogP contribution in [0.1, 0.15) is 31.2 Å². The van der Waals surface area contributed by atoms with E-state index < -0.39 is 17.0 Å². The van der Waals surface area contributed by atoms with E-state index in [0.717, 1.165) is 32.5 Å². The van der Waals surface area contributed by atoms with Gasteiger partial charge in [0.25, 0.3) is 0 Å². The lowest BCUT2D eigenvalue weighted by Crippen LogP contribution is -2.81. The van der Waals surface area contributed by atoms with Crippen LogP contribution in [0.2, 0.25) is 0 Å². The minimum atomic E-state index is -0.890. The van der Waals surface area contributed by atoms with Gasteiger partial charge in [0.2, 0.25) is 5.79 Å². The van der Waals surface area contributed by atoms with Crippen molar-refractivity contribution in [3.8, 4) is 0 Å². The third kappa shape index (κ3) is 4.90. The smallest absolute Gasteiger partial charge is 0.232 e. The minimum Gasteiger partial charge on any atom is -0.378 e. The molecule has 0 aromatic heterocycles. The number of hydrogen-bond acceptors (Lipinski definition) is 8. The molecule has 4 atom stereocenters. The van der Waals surface area contributed by atoms with E-state index in [1.54, 1.807) is 14.2 Å². The Labute approximate surface area is 260 Å². The van der Waals surface area contributed by atoms with Crippen molar-refractivity contribution in [2.75, 3.05) is 80.2 Å². The van der Waals surface area contributed by atoms with Gasteiger partial charge in [-0.25, -0.2) is 0 Å². The number of hydrogen-bond donors (Lipinski definition) is 0. The molecule has 6 aliphatic rings. The van der Waals surface area contributed by atoms with Crippen molar-refractivity contribution in [1.29, 1.82) is 0 Å². The first-order valence-electron chi connectivity index (χ1n) is 16.4. The molecule has 0 spiro atoms. The summed E-state index contributed by atoms with van der Waals surface area (Å²) in [6.07, 6.45) is 4.56. The number of benzene rings is 3. The third-order valence-corrected chi connectivity index (χ3v) is 10.8. The largest absolute Gasteiger partial charge is 0.378 e. The van der Waals surface area contributed by atoms with Gasteiger partial charge in [-0.3, -0.25) is 4.90 Å². The van der Waals surface area contributed by atoms with E-state index in [-0.39, 0.29) is 0 Å². The molecule has 0 radical (unpaired) electrons. The van der Waals surface area contributed by atoms with E-state index >= 15 is 0 Å². The van der Waals surface area contributed by atoms with Gasteiger partial charge in [-0.2, -0.15) is 0 Å². The zero-order valence-electron chi connectivity index (χ0n) is 26.3. The summed E-state index contributed by atoms with van der Waals surface area (Å²) >= 11 is 0. The van der Waals surface area contributed by atoms with E-state index in [1.165, 1.54) is 39.9 Å². The Bertz CT molecular complexity index is 1330. The highest BCUT2D eigenvalue weighted by Gasteiger charge is 2.89. The van der Waals surface area contributed by atoms with Crippen LogP contribution in [0.5, 0.6) is 0 Å². The van der Waals surface area contributed by atoms with Gasteiger partial charge in [0.1, 0.15) is 0 Å². The Hall–Kier alpha value is -2.14. The molecule has 6 fully saturated rings. The average Bonchev–Trinajstić information content (AvgIpc) is 3.45. The molecule has 44 heavy (non-hydrogen) atoms. The maximum Gasteiger partial charge on any atom is 0.232 e. The quantitative estimate of drug-likeness (QED) is 0.229. The highest BCUT2D eigenvalue weighted by atomic mass is 16.8. The maximum absolute atomic E-state index is 6.86. The second-order valence-electron chi connectivity index (χ2n) is 12.8. The predicted octanol–water partition coefficient (Wildman–Crippen LogP) is 5.19. The summed E-state index contributed by atoms with van der Waals surface area (Å²) in [5.41, 5.74) is 0.0810. The highest BCUT2D eigenvalue weighted by Crippen LogP contribution is 2.72. The number of ether oxygens (including phenoxy) is 7. The molecule has 3 aromatic carbocycles. The molecule has 8 nitrogen and oxygen atoms in total. The van der Waals surface area contributed by atoms with Gasteiger partial charge >= 0.3 is 0 Å². The first-order valence-corrected chi connectivity index (χ1v) is 16.4. The second-order valence-corrected chi connectivity index (χ2v) is 12.8. The van der Waals surface area contributed by atoms with Crippen LogP contribution in [0.3, 0.4) is 0 Å². The molecule has 2 saturated carbocycles. The van der Waals surface area contributed by atoms with Gasteiger partial charge in [-0.05, 0) is 46.0 Å². The third-order valence-electron chi connectivity index (χ3n) is 10.8. The highest BCUT2D eigenvalue weighted by molar-refractivity contribution is 6.02. The Morgan fingerprint density at radius 3 is 1.70 bits per heavy atom. The molecule has 238 valence electrons. The van der Waals surface area contributed by atoms with Gasteiger partial charge in [0.05, 0.1) is 52.9 Å². The fourth-order valence-electron chi connectivity index (χ4n) is 8.94. The van der Waals surface area contributed by atoms with Crippen molar-refractivity contribution in [3.63, 3.8) is 0 Å². The SMILES string of the molecule is COC1(OC)[C@@]23COCCOCCN(Cc4c5ccccc5cc5ccccc45)CCOCCOC[C@@]1(O2)[C@@H]1CCCC[C@@H]13. The molecular formula is C36H47NO7. The fraction of sp³-hybridized carbons (Fsp3) is 0.611. The van der Waals surface area contributed by atoms with E-state index in [1.807, 2.05) is 0 Å². The van der Waals surface area contributed by atoms with Gasteiger partial charge in [-0.1, -0.05) is 61.4 Å². The standard InChI is InChI=1S/C36H47NO7/c1-38-36(39-2)34-25-42-21-19-40-17-15-37(24-31-29-11-5-3-9-27(29)23-28-10-4-6-12-30(28)31)16-18-41-20-22-43-26-35(36,44-34)33-14-8-7-13-32(33)34/h3-6,9-12,23,32-33H,7-8,13-22,24-26H2,1-2H3/t32-,33+,34-,35+. The first kappa shape index (κ1) is 30.5. The monoisotopic (exact) mass is 605 g/mol. The molecule has 4 aliphatic heterocycles. The van der Waals surface area contributed by atoms with Gasteiger partial charge < -0.3 is 33.2 Å². The second kappa shape index (κ2) is 12.9. The molecule has 4 heterocycles. The summed E-state index contributed by atoms with van der Waals surface area (Å²) < 4.78 is 44.2. The van der Waals surface area contributed by atoms with Crippen LogP contribution in [-0.4, -0.2) is 102 Å². The summed E-state index contributed by atoms with van der Waals surface area (Å²) in [5.74, 6) is -0.255. The Morgan fingerprint density at radius 2 is 1.18 bits per heavy atom. The average molecular weight is 606 g/mol. The van der Waals surface area contributed by atoms with E-state index in [9.17, 15) is 0 Å². The number of methoxy groups -OCH3 is 2. The zero-order valence-corrected chi connectivity index (χ0v) is 26.3. The fourth-order valence-corrected chi connectivity index (χ4v) is 8.94. The van der Waals surface area contributed by atoms with Crippen molar-refractivity contribution in [2.45, 2.75) is 49.2 Å². The van der Waals surface area contributed by atoms with Crippen LogP contribution < -0.4 is 0 Å². The Kier molecular flexibility index (Phi) is 8.97. The minimum absolute atomic E-state index is 0.317. The van der Waals surface area contributed by atoms with Crippen LogP contribution in [0.25, 0.3) is 21.5 Å². The Morgan fingerprint density at radius 1 is 0.682 bits per heavy atom. The molecule has 2 bridgehead atoms. The van der Waals surface area contributed by atoms with Crippen molar-refractivity contribution >= 4 is 21.5 Å². The van der Waals surface area contributed by atoms with Crippen molar-refractivity contribution in [2.24, 2.45) is 11.8 Å². The molecule has 4 saturated heterocycles. The lowest BCUT2D eigenvalue weighted by molar-refractivity contribution is -0.479. The van der Waals surface area contributed by atoms with Crippen LogP contribution in [0, 0.1) is 11.8 Å². The predicted molar refractivity (Wildman–Crippen MR) is 169 cm³/mol. The van der Waals surface area contributed by atoms with Crippen molar-refractivity contribution in [3.05, 3.63) is 60.2 Å². The molecule has 3 aromatic rings. The summed E-state index contributed by atoms with van der Waals surface area (Å²) in [5, 5.41) is 5.13. The summed E-state index contributed by atoms with van der Waals surface area (Å²) in [7, 11) is 3.47. The number of nitrogens with zero attached hydrogens (tertiary/aromatic N) is 1. The van der Waals surface area contributed by atoms with E-state index in [0.29, 0.717) is 64.7 Å². The van der Waals surface area contributed by atoms with Crippen LogP contribution in [-0.2, 0) is 39.7 Å². The number of fused-ring (bicyclic) bond motifs is 16. The van der Waals surface area contributed by atoms with Crippen LogP contribution >= 0.6 is 0 Å². The molecule has 0 unspecified atom stereocenters. The zero-order chi connectivity index (χ0) is 30.0. The van der Waals surface area contributed by atoms with Crippen LogP contribution in [0.15, 0.2) is 54.6 Å². The molecule has 9 rings (SSSR count). The summed E-state index contributed by atoms with van der Waals surface area (Å²) in [6.45, 7) is 6.52. The van der Waals surface area contributed by atoms with Gasteiger partial charge in [0, 0.05) is 45.7 Å². The lowest BCUT2D eigenvalue weighted by atomic mass is 9.76. The summed E-state index contributed by atoms with van der Waals surface area (Å²) in [6, 6.07) is 19.7. The maximum atomic E-state index is 6.86. The summed E-state index contributed by atoms with van der Waals surface area (Å²) in [4.78, 5) is 2.44. The van der Waals surface area contributed by atoms with Gasteiger partial charge in [-0.15, -0.1) is 0 Å². The molecule has 0 N–H and O–H groups in total. The van der Waals surface area contributed by atoms with Gasteiger partial charge in [0.15, 0.2) is 11.2 Å². The lowest BCUT2D eigenvalue weighted by Gasteiger charge is -2.62. The van der Waals surface area contributed by atoms with Crippen molar-refractivity contribution in [1.82, 2.24) is 4.90 Å². The van der Waals surface area contributed by atoms with Crippen LogP contribution in [0.4, 0.5) is 0 Å². The van der Waals surface area contributed by atoms with E-state index in [2.05, 4.69) is 59.5 Å². The number of rotatable bonds is 4. The molecular weight excluding hydrogens is 558 g/mol. The normalized spacial score (nSPS) is 32.0. The first-order chi connectivity index (χ1) is 21.7.